The number of benzene rings is 1. The number of piperidine rings is 1. The van der Waals surface area contributed by atoms with Crippen molar-refractivity contribution < 1.29 is 42.2 Å². The Balaban J connectivity index is 0.674. The van der Waals surface area contributed by atoms with Gasteiger partial charge in [0.05, 0.1) is 60.5 Å². The fraction of sp³-hybridized carbons (Fsp3) is 0.556. The van der Waals surface area contributed by atoms with Crippen molar-refractivity contribution in [3.05, 3.63) is 65.2 Å². The first-order valence-corrected chi connectivity index (χ1v) is 23.0. The maximum Gasteiger partial charge on any atom is 0.284 e. The molecule has 2 bridgehead atoms. The Hall–Kier alpha value is -5.90. The second kappa shape index (κ2) is 18.4. The summed E-state index contributed by atoms with van der Waals surface area (Å²) in [5.41, 5.74) is 1.08. The van der Waals surface area contributed by atoms with Gasteiger partial charge in [0.25, 0.3) is 24.1 Å². The molecule has 5 aliphatic heterocycles. The van der Waals surface area contributed by atoms with Gasteiger partial charge in [-0.3, -0.25) is 43.8 Å². The van der Waals surface area contributed by atoms with Crippen LogP contribution in [0.2, 0.25) is 0 Å². The third kappa shape index (κ3) is 8.75. The maximum absolute atomic E-state index is 14.3. The quantitative estimate of drug-likeness (QED) is 0.116. The van der Waals surface area contributed by atoms with Crippen LogP contribution in [0.1, 0.15) is 101 Å². The highest BCUT2D eigenvalue weighted by atomic mass is 19.3. The number of fused-ring (bicyclic) bond motifs is 4. The highest BCUT2D eigenvalue weighted by Crippen LogP contribution is 2.37. The molecule has 4 aromatic rings. The Bertz CT molecular complexity index is 2530. The Labute approximate surface area is 379 Å². The molecule has 1 saturated carbocycles. The van der Waals surface area contributed by atoms with Gasteiger partial charge in [-0.25, -0.2) is 18.3 Å². The van der Waals surface area contributed by atoms with Crippen LogP contribution in [0, 0.1) is 5.92 Å². The van der Waals surface area contributed by atoms with E-state index in [1.54, 1.807) is 29.1 Å². The number of amides is 5. The first kappa shape index (κ1) is 44.0. The number of hydrogen-bond donors (Lipinski definition) is 3. The van der Waals surface area contributed by atoms with E-state index in [-0.39, 0.29) is 59.5 Å². The smallest absolute Gasteiger partial charge is 0.284 e. The summed E-state index contributed by atoms with van der Waals surface area (Å²) in [6.45, 7) is 6.59. The van der Waals surface area contributed by atoms with Gasteiger partial charge < -0.3 is 29.9 Å². The summed E-state index contributed by atoms with van der Waals surface area (Å²) in [6, 6.07) is 6.07. The lowest BCUT2D eigenvalue weighted by molar-refractivity contribution is -0.136. The molecule has 4 atom stereocenters. The molecule has 5 fully saturated rings. The van der Waals surface area contributed by atoms with Gasteiger partial charge in [-0.1, -0.05) is 6.07 Å². The van der Waals surface area contributed by atoms with Gasteiger partial charge in [0.15, 0.2) is 11.3 Å². The van der Waals surface area contributed by atoms with Gasteiger partial charge in [0, 0.05) is 70.3 Å². The molecule has 0 spiro atoms. The molecule has 350 valence electrons. The zero-order chi connectivity index (χ0) is 45.6. The van der Waals surface area contributed by atoms with E-state index in [0.717, 1.165) is 88.5 Å². The Morgan fingerprint density at radius 1 is 1.00 bits per heavy atom. The molecule has 19 nitrogen and oxygen atoms in total. The summed E-state index contributed by atoms with van der Waals surface area (Å²) in [6.07, 6.45) is 7.27. The van der Waals surface area contributed by atoms with Gasteiger partial charge in [0.2, 0.25) is 11.8 Å². The molecule has 6 aliphatic rings. The second-order valence-corrected chi connectivity index (χ2v) is 18.4. The lowest BCUT2D eigenvalue weighted by Crippen LogP contribution is -2.54. The van der Waals surface area contributed by atoms with Crippen LogP contribution < -0.4 is 20.9 Å². The van der Waals surface area contributed by atoms with Crippen molar-refractivity contribution in [3.63, 3.8) is 0 Å². The number of carbonyl (C=O) groups is 5. The normalized spacial score (nSPS) is 25.7. The zero-order valence-electron chi connectivity index (χ0n) is 36.7. The zero-order valence-corrected chi connectivity index (χ0v) is 36.7. The highest BCUT2D eigenvalue weighted by Gasteiger charge is 2.46. The fourth-order valence-corrected chi connectivity index (χ4v) is 10.6. The van der Waals surface area contributed by atoms with Gasteiger partial charge in [-0.05, 0) is 76.1 Å². The molecule has 3 aromatic heterocycles. The van der Waals surface area contributed by atoms with E-state index in [9.17, 15) is 32.8 Å². The van der Waals surface area contributed by atoms with Crippen LogP contribution in [0.15, 0.2) is 42.9 Å². The minimum Gasteiger partial charge on any atom is -0.384 e. The van der Waals surface area contributed by atoms with Crippen LogP contribution in [0.5, 0.6) is 0 Å². The summed E-state index contributed by atoms with van der Waals surface area (Å²) >= 11 is 0. The number of halogens is 2. The van der Waals surface area contributed by atoms with E-state index in [1.807, 2.05) is 6.07 Å². The number of carbonyl (C=O) groups excluding carboxylic acids is 5. The molecule has 10 rings (SSSR count). The van der Waals surface area contributed by atoms with Gasteiger partial charge in [-0.15, -0.1) is 0 Å². The summed E-state index contributed by atoms with van der Waals surface area (Å²) in [7, 11) is 2.10. The first-order chi connectivity index (χ1) is 32.0. The molecule has 0 radical (unpaired) electrons. The van der Waals surface area contributed by atoms with E-state index in [0.29, 0.717) is 37.0 Å². The average molecular weight is 913 g/mol. The van der Waals surface area contributed by atoms with E-state index in [4.69, 9.17) is 14.5 Å². The number of imide groups is 2. The maximum atomic E-state index is 14.3. The standard InChI is InChI=1S/C45H54F2N12O7/c1-54(21-30-22-55(16-17-65-30)14-3-13-48-33-5-2-4-31-38(33)45(64)59(44(31)63)35-10-11-37(60)52-43(35)62)20-26-6-8-27(9-7-26)58-24-34(39(53-58)40(46)47)50-42(61)32-19-49-57-15-12-36(51-41(32)57)56-23-29-18-28(56)25-66-29/h2,4-5,12,15,19,24,26-30,35,40,48H,3,6-11,13-14,16-18,20-23,25H2,1H3,(H,50,61)(H,52,60,62)/t26?,27?,28-,29+,30-,35?/m0/s1. The number of morpholine rings is 2. The molecule has 66 heavy (non-hydrogen) atoms. The Kier molecular flexibility index (Phi) is 12.3. The van der Waals surface area contributed by atoms with E-state index < -0.39 is 47.7 Å². The van der Waals surface area contributed by atoms with Crippen molar-refractivity contribution >= 4 is 52.4 Å². The topological polar surface area (TPSA) is 201 Å². The first-order valence-electron chi connectivity index (χ1n) is 23.0. The van der Waals surface area contributed by atoms with Gasteiger partial charge >= 0.3 is 0 Å². The number of likely N-dealkylation sites (N-methyl/N-ethyl adjacent to an activating group) is 1. The van der Waals surface area contributed by atoms with Crippen molar-refractivity contribution in [2.24, 2.45) is 5.92 Å². The summed E-state index contributed by atoms with van der Waals surface area (Å²) in [5, 5.41) is 16.8. The predicted octanol–water partition coefficient (Wildman–Crippen LogP) is 3.36. The third-order valence-electron chi connectivity index (χ3n) is 13.9. The number of aromatic nitrogens is 5. The molecular weight excluding hydrogens is 859 g/mol. The van der Waals surface area contributed by atoms with Crippen LogP contribution in [0.3, 0.4) is 0 Å². The predicted molar refractivity (Wildman–Crippen MR) is 235 cm³/mol. The summed E-state index contributed by atoms with van der Waals surface area (Å²) < 4.78 is 43.6. The molecular formula is C45H54F2N12O7. The fourth-order valence-electron chi connectivity index (χ4n) is 10.6. The lowest BCUT2D eigenvalue weighted by atomic mass is 9.86. The van der Waals surface area contributed by atoms with Gasteiger partial charge in [-0.2, -0.15) is 10.2 Å². The molecule has 1 aliphatic carbocycles. The molecule has 4 saturated heterocycles. The SMILES string of the molecule is CN(CC1CCC(n2cc(NC(=O)c3cnn4ccc(N5C[C@H]6C[C@H]5CO6)nc34)c(C(F)F)n2)CC1)C[C@H]1CN(CCCNc2cccc3c2C(=O)N(C2CCC(=O)NC2=O)C3=O)CCO1. The summed E-state index contributed by atoms with van der Waals surface area (Å²) in [5.74, 6) is -1.55. The monoisotopic (exact) mass is 912 g/mol. The second-order valence-electron chi connectivity index (χ2n) is 18.4. The Morgan fingerprint density at radius 3 is 2.62 bits per heavy atom. The Morgan fingerprint density at radius 2 is 1.85 bits per heavy atom. The molecule has 3 N–H and O–H groups in total. The number of nitrogens with zero attached hydrogens (tertiary/aromatic N) is 9. The van der Waals surface area contributed by atoms with Crippen LogP contribution in [0.25, 0.3) is 5.65 Å². The number of anilines is 3. The molecule has 8 heterocycles. The van der Waals surface area contributed by atoms with Crippen LogP contribution in [-0.4, -0.2) is 159 Å². The van der Waals surface area contributed by atoms with Crippen LogP contribution in [0.4, 0.5) is 26.0 Å². The van der Waals surface area contributed by atoms with Crippen LogP contribution >= 0.6 is 0 Å². The molecule has 1 aromatic carbocycles. The third-order valence-corrected chi connectivity index (χ3v) is 13.9. The van der Waals surface area contributed by atoms with E-state index in [2.05, 4.69) is 47.9 Å². The minimum atomic E-state index is -2.88. The highest BCUT2D eigenvalue weighted by molar-refractivity contribution is 6.25. The van der Waals surface area contributed by atoms with E-state index in [1.165, 1.54) is 16.9 Å². The van der Waals surface area contributed by atoms with Crippen molar-refractivity contribution in [3.8, 4) is 0 Å². The van der Waals surface area contributed by atoms with E-state index >= 15 is 0 Å². The van der Waals surface area contributed by atoms with Crippen molar-refractivity contribution in [2.45, 2.75) is 88.1 Å². The number of nitrogens with one attached hydrogen (secondary N) is 3. The number of hydrogen-bond acceptors (Lipinski definition) is 14. The van der Waals surface area contributed by atoms with Crippen molar-refractivity contribution in [2.75, 3.05) is 81.6 Å². The lowest BCUT2D eigenvalue weighted by Gasteiger charge is -2.36. The summed E-state index contributed by atoms with van der Waals surface area (Å²) in [4.78, 5) is 77.0. The van der Waals surface area contributed by atoms with Crippen LogP contribution in [-0.2, 0) is 19.1 Å². The average Bonchev–Trinajstić information content (AvgIpc) is 4.16. The molecule has 5 amide bonds. The number of alkyl halides is 2. The minimum absolute atomic E-state index is 0.0206. The molecule has 1 unspecified atom stereocenters. The van der Waals surface area contributed by atoms with Gasteiger partial charge in [0.1, 0.15) is 17.4 Å². The number of rotatable bonds is 15. The van der Waals surface area contributed by atoms with Crippen molar-refractivity contribution in [1.82, 2.24) is 44.4 Å². The van der Waals surface area contributed by atoms with Crippen molar-refractivity contribution in [1.29, 1.82) is 0 Å². The molecule has 21 heteroatoms. The number of ether oxygens (including phenoxy) is 2. The largest absolute Gasteiger partial charge is 0.384 e.